The highest BCUT2D eigenvalue weighted by Crippen LogP contribution is 2.34. The number of aromatic amines is 1. The molecule has 2 aromatic rings. The van der Waals surface area contributed by atoms with Gasteiger partial charge in [-0.05, 0) is 37.5 Å². The van der Waals surface area contributed by atoms with Crippen LogP contribution in [0.3, 0.4) is 0 Å². The lowest BCUT2D eigenvalue weighted by atomic mass is 9.93. The van der Waals surface area contributed by atoms with E-state index in [9.17, 15) is 0 Å². The summed E-state index contributed by atoms with van der Waals surface area (Å²) in [6.07, 6.45) is 0.781. The number of nitrogens with two attached hydrogens (primary N) is 1. The lowest BCUT2D eigenvalue weighted by Crippen LogP contribution is -2.00. The Morgan fingerprint density at radius 3 is 2.37 bits per heavy atom. The minimum absolute atomic E-state index is 0.557. The third-order valence-corrected chi connectivity index (χ3v) is 3.35. The Balaban J connectivity index is 2.55. The fraction of sp³-hybridized carbons (Fsp3) is 0.400. The predicted octanol–water partition coefficient (Wildman–Crippen LogP) is 2.77. The number of H-pyrrole nitrogens is 1. The minimum Gasteiger partial charge on any atom is -0.384 e. The van der Waals surface area contributed by atoms with Crippen molar-refractivity contribution in [2.75, 3.05) is 19.5 Å². The van der Waals surface area contributed by atoms with Crippen LogP contribution in [0.4, 0.5) is 5.82 Å². The van der Waals surface area contributed by atoms with E-state index in [0.29, 0.717) is 12.4 Å². The molecule has 0 radical (unpaired) electrons. The first-order chi connectivity index (χ1) is 9.04. The first kappa shape index (κ1) is 13.6. The highest BCUT2D eigenvalue weighted by molar-refractivity contribution is 5.81. The van der Waals surface area contributed by atoms with Gasteiger partial charge in [0.2, 0.25) is 0 Å². The largest absolute Gasteiger partial charge is 0.384 e. The summed E-state index contributed by atoms with van der Waals surface area (Å²) in [7, 11) is 1.70. The van der Waals surface area contributed by atoms with Crippen molar-refractivity contribution in [1.82, 2.24) is 10.2 Å². The van der Waals surface area contributed by atoms with Gasteiger partial charge in [-0.1, -0.05) is 17.7 Å². The van der Waals surface area contributed by atoms with Gasteiger partial charge in [-0.15, -0.1) is 0 Å². The molecule has 1 heterocycles. The second-order valence-electron chi connectivity index (χ2n) is 4.98. The highest BCUT2D eigenvalue weighted by Gasteiger charge is 2.17. The highest BCUT2D eigenvalue weighted by atomic mass is 16.5. The third kappa shape index (κ3) is 2.63. The van der Waals surface area contributed by atoms with Crippen LogP contribution in [0.15, 0.2) is 12.1 Å². The van der Waals surface area contributed by atoms with Gasteiger partial charge in [-0.2, -0.15) is 5.10 Å². The molecule has 4 nitrogen and oxygen atoms in total. The molecule has 0 unspecified atom stereocenters. The molecule has 0 saturated heterocycles. The van der Waals surface area contributed by atoms with E-state index in [1.54, 1.807) is 7.11 Å². The number of aromatic nitrogens is 2. The van der Waals surface area contributed by atoms with Gasteiger partial charge < -0.3 is 10.5 Å². The van der Waals surface area contributed by atoms with Crippen molar-refractivity contribution in [1.29, 1.82) is 0 Å². The number of methoxy groups -OCH3 is 1. The standard InChI is InChI=1S/C15H21N3O/c1-9-7-10(2)13(11(3)8-9)14-12(5-6-19-4)17-18-15(14)16/h7-8H,5-6H2,1-4H3,(H3,16,17,18). The maximum Gasteiger partial charge on any atom is 0.153 e. The molecule has 0 amide bonds. The maximum atomic E-state index is 6.04. The molecular formula is C15H21N3O. The number of anilines is 1. The van der Waals surface area contributed by atoms with Gasteiger partial charge in [-0.25, -0.2) is 0 Å². The van der Waals surface area contributed by atoms with E-state index in [-0.39, 0.29) is 0 Å². The molecule has 0 spiro atoms. The summed E-state index contributed by atoms with van der Waals surface area (Å²) >= 11 is 0. The second-order valence-corrected chi connectivity index (χ2v) is 4.98. The average Bonchev–Trinajstić information content (AvgIpc) is 2.68. The average molecular weight is 259 g/mol. The fourth-order valence-electron chi connectivity index (χ4n) is 2.63. The van der Waals surface area contributed by atoms with Crippen molar-refractivity contribution < 1.29 is 4.74 Å². The van der Waals surface area contributed by atoms with E-state index in [0.717, 1.165) is 17.7 Å². The zero-order valence-corrected chi connectivity index (χ0v) is 12.0. The maximum absolute atomic E-state index is 6.04. The number of benzene rings is 1. The zero-order valence-electron chi connectivity index (χ0n) is 12.0. The summed E-state index contributed by atoms with van der Waals surface area (Å²) in [5, 5.41) is 7.17. The summed E-state index contributed by atoms with van der Waals surface area (Å²) in [4.78, 5) is 0. The van der Waals surface area contributed by atoms with Crippen LogP contribution < -0.4 is 5.73 Å². The quantitative estimate of drug-likeness (QED) is 0.887. The van der Waals surface area contributed by atoms with Crippen LogP contribution in [0.25, 0.3) is 11.1 Å². The van der Waals surface area contributed by atoms with Crippen molar-refractivity contribution in [2.45, 2.75) is 27.2 Å². The van der Waals surface area contributed by atoms with Gasteiger partial charge >= 0.3 is 0 Å². The minimum atomic E-state index is 0.557. The number of nitrogen functional groups attached to an aromatic ring is 1. The Labute approximate surface area is 114 Å². The first-order valence-corrected chi connectivity index (χ1v) is 6.44. The number of hydrogen-bond donors (Lipinski definition) is 2. The normalized spacial score (nSPS) is 10.9. The van der Waals surface area contributed by atoms with Crippen LogP contribution in [0.1, 0.15) is 22.4 Å². The van der Waals surface area contributed by atoms with Crippen LogP contribution in [0.5, 0.6) is 0 Å². The number of rotatable bonds is 4. The van der Waals surface area contributed by atoms with Crippen molar-refractivity contribution in [3.63, 3.8) is 0 Å². The molecule has 1 aromatic carbocycles. The van der Waals surface area contributed by atoms with E-state index in [1.165, 1.54) is 22.3 Å². The smallest absolute Gasteiger partial charge is 0.153 e. The second kappa shape index (κ2) is 5.45. The van der Waals surface area contributed by atoms with Crippen LogP contribution in [-0.4, -0.2) is 23.9 Å². The number of aryl methyl sites for hydroxylation is 3. The van der Waals surface area contributed by atoms with Crippen LogP contribution in [0.2, 0.25) is 0 Å². The molecule has 0 bridgehead atoms. The predicted molar refractivity (Wildman–Crippen MR) is 78.2 cm³/mol. The molecule has 0 atom stereocenters. The summed E-state index contributed by atoms with van der Waals surface area (Å²) in [6.45, 7) is 6.98. The van der Waals surface area contributed by atoms with Gasteiger partial charge in [0, 0.05) is 24.8 Å². The van der Waals surface area contributed by atoms with Crippen molar-refractivity contribution in [2.24, 2.45) is 0 Å². The molecule has 1 aromatic heterocycles. The van der Waals surface area contributed by atoms with E-state index < -0.39 is 0 Å². The van der Waals surface area contributed by atoms with Crippen molar-refractivity contribution in [3.8, 4) is 11.1 Å². The lowest BCUT2D eigenvalue weighted by Gasteiger charge is -2.12. The van der Waals surface area contributed by atoms with E-state index in [2.05, 4.69) is 43.1 Å². The Morgan fingerprint density at radius 2 is 1.79 bits per heavy atom. The van der Waals surface area contributed by atoms with Gasteiger partial charge in [0.1, 0.15) is 0 Å². The summed E-state index contributed by atoms with van der Waals surface area (Å²) < 4.78 is 5.14. The monoisotopic (exact) mass is 259 g/mol. The Bertz CT molecular complexity index is 564. The number of nitrogens with one attached hydrogen (secondary N) is 1. The molecule has 0 saturated carbocycles. The number of nitrogens with zero attached hydrogens (tertiary/aromatic N) is 1. The Kier molecular flexibility index (Phi) is 3.90. The molecule has 0 aliphatic heterocycles. The molecule has 102 valence electrons. The van der Waals surface area contributed by atoms with Gasteiger partial charge in [-0.3, -0.25) is 5.10 Å². The lowest BCUT2D eigenvalue weighted by molar-refractivity contribution is 0.201. The number of ether oxygens (including phenoxy) is 1. The van der Waals surface area contributed by atoms with E-state index >= 15 is 0 Å². The summed E-state index contributed by atoms with van der Waals surface area (Å²) in [6, 6.07) is 4.35. The van der Waals surface area contributed by atoms with Crippen molar-refractivity contribution in [3.05, 3.63) is 34.5 Å². The molecule has 19 heavy (non-hydrogen) atoms. The Morgan fingerprint density at radius 1 is 1.16 bits per heavy atom. The first-order valence-electron chi connectivity index (χ1n) is 6.44. The van der Waals surface area contributed by atoms with Crippen LogP contribution >= 0.6 is 0 Å². The molecule has 3 N–H and O–H groups in total. The topological polar surface area (TPSA) is 63.9 Å². The fourth-order valence-corrected chi connectivity index (χ4v) is 2.63. The van der Waals surface area contributed by atoms with Gasteiger partial charge in [0.25, 0.3) is 0 Å². The molecular weight excluding hydrogens is 238 g/mol. The van der Waals surface area contributed by atoms with E-state index in [4.69, 9.17) is 10.5 Å². The van der Waals surface area contributed by atoms with Crippen LogP contribution in [-0.2, 0) is 11.2 Å². The Hall–Kier alpha value is -1.81. The third-order valence-electron chi connectivity index (χ3n) is 3.35. The van der Waals surface area contributed by atoms with Gasteiger partial charge in [0.15, 0.2) is 5.82 Å². The molecule has 0 fully saturated rings. The molecule has 0 aliphatic rings. The SMILES string of the molecule is COCCc1[nH]nc(N)c1-c1c(C)cc(C)cc1C. The molecule has 0 aliphatic carbocycles. The van der Waals surface area contributed by atoms with Crippen LogP contribution in [0, 0.1) is 20.8 Å². The number of hydrogen-bond acceptors (Lipinski definition) is 3. The summed E-state index contributed by atoms with van der Waals surface area (Å²) in [5.74, 6) is 0.557. The van der Waals surface area contributed by atoms with E-state index in [1.807, 2.05) is 0 Å². The molecule has 4 heteroatoms. The zero-order chi connectivity index (χ0) is 14.0. The van der Waals surface area contributed by atoms with Crippen molar-refractivity contribution >= 4 is 5.82 Å². The molecule has 2 rings (SSSR count). The summed E-state index contributed by atoms with van der Waals surface area (Å²) in [5.41, 5.74) is 13.0. The van der Waals surface area contributed by atoms with Gasteiger partial charge in [0.05, 0.1) is 6.61 Å².